The third-order valence-electron chi connectivity index (χ3n) is 5.61. The Morgan fingerprint density at radius 1 is 1.08 bits per heavy atom. The molecule has 5 heteroatoms. The summed E-state index contributed by atoms with van der Waals surface area (Å²) in [6.45, 7) is 5.05. The molecule has 2 fully saturated rings. The minimum atomic E-state index is 0.243. The third-order valence-corrected chi connectivity index (χ3v) is 5.61. The number of methoxy groups -OCH3 is 2. The fourth-order valence-corrected chi connectivity index (χ4v) is 4.10. The quantitative estimate of drug-likeness (QED) is 0.878. The first-order valence-corrected chi connectivity index (χ1v) is 9.54. The fourth-order valence-electron chi connectivity index (χ4n) is 4.10. The summed E-state index contributed by atoms with van der Waals surface area (Å²) in [6.07, 6.45) is 5.65. The van der Waals surface area contributed by atoms with Gasteiger partial charge in [0, 0.05) is 37.4 Å². The number of carbonyl (C=O) groups is 1. The van der Waals surface area contributed by atoms with Gasteiger partial charge in [-0.25, -0.2) is 0 Å². The van der Waals surface area contributed by atoms with Crippen LogP contribution in [0.5, 0.6) is 11.5 Å². The lowest BCUT2D eigenvalue weighted by Gasteiger charge is -2.34. The molecule has 0 radical (unpaired) electrons. The molecule has 0 atom stereocenters. The van der Waals surface area contributed by atoms with Crippen molar-refractivity contribution >= 4 is 5.91 Å². The summed E-state index contributed by atoms with van der Waals surface area (Å²) in [6, 6.07) is 6.15. The first kappa shape index (κ1) is 18.1. The van der Waals surface area contributed by atoms with Gasteiger partial charge in [0.15, 0.2) is 11.5 Å². The normalized spacial score (nSPS) is 24.0. The van der Waals surface area contributed by atoms with Gasteiger partial charge < -0.3 is 19.3 Å². The van der Waals surface area contributed by atoms with Crippen LogP contribution >= 0.6 is 0 Å². The lowest BCUT2D eigenvalue weighted by atomic mass is 9.94. The van der Waals surface area contributed by atoms with Crippen LogP contribution < -0.4 is 14.4 Å². The molecule has 25 heavy (non-hydrogen) atoms. The predicted octanol–water partition coefficient (Wildman–Crippen LogP) is 1.51. The van der Waals surface area contributed by atoms with Gasteiger partial charge in [-0.05, 0) is 37.5 Å². The second kappa shape index (κ2) is 8.56. The summed E-state index contributed by atoms with van der Waals surface area (Å²) in [5.74, 6) is 2.21. The van der Waals surface area contributed by atoms with Crippen molar-refractivity contribution < 1.29 is 19.2 Å². The molecule has 1 N–H and O–H groups in total. The van der Waals surface area contributed by atoms with Crippen LogP contribution in [0, 0.1) is 5.92 Å². The van der Waals surface area contributed by atoms with Crippen LogP contribution in [0.1, 0.15) is 37.7 Å². The predicted molar refractivity (Wildman–Crippen MR) is 97.1 cm³/mol. The van der Waals surface area contributed by atoms with E-state index in [4.69, 9.17) is 9.47 Å². The number of nitrogens with one attached hydrogen (secondary N) is 1. The number of hydrogen-bond acceptors (Lipinski definition) is 3. The average Bonchev–Trinajstić information content (AvgIpc) is 2.68. The Labute approximate surface area is 150 Å². The molecule has 2 heterocycles. The number of benzene rings is 1. The van der Waals surface area contributed by atoms with Crippen molar-refractivity contribution in [3.63, 3.8) is 0 Å². The highest BCUT2D eigenvalue weighted by atomic mass is 16.5. The molecule has 0 saturated carbocycles. The molecule has 2 aliphatic rings. The number of rotatable bonds is 5. The largest absolute Gasteiger partial charge is 0.493 e. The lowest BCUT2D eigenvalue weighted by Crippen LogP contribution is -3.11. The highest BCUT2D eigenvalue weighted by Gasteiger charge is 2.31. The van der Waals surface area contributed by atoms with E-state index in [1.807, 2.05) is 6.07 Å². The number of quaternary nitrogens is 1. The maximum atomic E-state index is 12.7. The number of hydrogen-bond donors (Lipinski definition) is 1. The summed E-state index contributed by atoms with van der Waals surface area (Å²) >= 11 is 0. The maximum absolute atomic E-state index is 12.7. The topological polar surface area (TPSA) is 43.2 Å². The van der Waals surface area contributed by atoms with Gasteiger partial charge in [-0.15, -0.1) is 0 Å². The minimum absolute atomic E-state index is 0.243. The molecule has 0 unspecified atom stereocenters. The van der Waals surface area contributed by atoms with Gasteiger partial charge in [-0.2, -0.15) is 0 Å². The molecule has 0 spiro atoms. The Hall–Kier alpha value is -1.75. The van der Waals surface area contributed by atoms with E-state index in [-0.39, 0.29) is 5.92 Å². The van der Waals surface area contributed by atoms with Crippen LogP contribution in [-0.4, -0.2) is 51.2 Å². The Bertz CT molecular complexity index is 576. The number of carbonyl (C=O) groups excluding carboxylic acids is 1. The molecular weight excluding hydrogens is 316 g/mol. The van der Waals surface area contributed by atoms with E-state index in [1.165, 1.54) is 24.8 Å². The Morgan fingerprint density at radius 3 is 2.40 bits per heavy atom. The van der Waals surface area contributed by atoms with E-state index in [0.29, 0.717) is 5.91 Å². The number of piperidine rings is 2. The molecule has 0 aromatic heterocycles. The van der Waals surface area contributed by atoms with E-state index in [1.54, 1.807) is 19.1 Å². The third kappa shape index (κ3) is 4.46. The van der Waals surface area contributed by atoms with Gasteiger partial charge in [0.05, 0.1) is 27.3 Å². The van der Waals surface area contributed by atoms with Gasteiger partial charge in [-0.1, -0.05) is 0 Å². The number of ether oxygens (including phenoxy) is 2. The zero-order chi connectivity index (χ0) is 17.6. The zero-order valence-electron chi connectivity index (χ0n) is 15.6. The van der Waals surface area contributed by atoms with Crippen LogP contribution in [0.15, 0.2) is 18.2 Å². The van der Waals surface area contributed by atoms with Crippen molar-refractivity contribution in [1.29, 1.82) is 0 Å². The molecule has 1 amide bonds. The van der Waals surface area contributed by atoms with Gasteiger partial charge in [-0.3, -0.25) is 4.79 Å². The first-order chi connectivity index (χ1) is 12.2. The molecule has 0 bridgehead atoms. The van der Waals surface area contributed by atoms with Crippen LogP contribution in [0.4, 0.5) is 0 Å². The Kier molecular flexibility index (Phi) is 6.19. The van der Waals surface area contributed by atoms with Gasteiger partial charge in [0.2, 0.25) is 5.91 Å². The smallest absolute Gasteiger partial charge is 0.226 e. The van der Waals surface area contributed by atoms with Gasteiger partial charge >= 0.3 is 0 Å². The van der Waals surface area contributed by atoms with Crippen molar-refractivity contribution in [3.05, 3.63) is 23.8 Å². The molecular formula is C20H31N2O3+. The molecule has 1 aromatic carbocycles. The lowest BCUT2D eigenvalue weighted by molar-refractivity contribution is -0.919. The van der Waals surface area contributed by atoms with E-state index in [2.05, 4.69) is 17.0 Å². The Morgan fingerprint density at radius 2 is 1.76 bits per heavy atom. The summed E-state index contributed by atoms with van der Waals surface area (Å²) in [4.78, 5) is 16.3. The molecule has 2 aliphatic heterocycles. The van der Waals surface area contributed by atoms with Gasteiger partial charge in [0.25, 0.3) is 0 Å². The summed E-state index contributed by atoms with van der Waals surface area (Å²) in [7, 11) is 3.33. The van der Waals surface area contributed by atoms with Crippen molar-refractivity contribution in [3.8, 4) is 11.5 Å². The fraction of sp³-hybridized carbons (Fsp3) is 0.650. The van der Waals surface area contributed by atoms with Crippen LogP contribution in [-0.2, 0) is 11.3 Å². The summed E-state index contributed by atoms with van der Waals surface area (Å²) < 4.78 is 10.7. The van der Waals surface area contributed by atoms with Crippen molar-refractivity contribution in [1.82, 2.24) is 4.90 Å². The number of nitrogens with zero attached hydrogens (tertiary/aromatic N) is 1. The number of amides is 1. The SMILES string of the molecule is COc1ccc(C[NH+]2CCC(C(=O)N3CCCCC3)CC2)cc1OC. The van der Waals surface area contributed by atoms with E-state index in [0.717, 1.165) is 57.1 Å². The minimum Gasteiger partial charge on any atom is -0.493 e. The van der Waals surface area contributed by atoms with E-state index >= 15 is 0 Å². The first-order valence-electron chi connectivity index (χ1n) is 9.54. The average molecular weight is 347 g/mol. The van der Waals surface area contributed by atoms with Crippen LogP contribution in [0.3, 0.4) is 0 Å². The van der Waals surface area contributed by atoms with Crippen molar-refractivity contribution in [2.24, 2.45) is 5.92 Å². The zero-order valence-corrected chi connectivity index (χ0v) is 15.6. The second-order valence-electron chi connectivity index (χ2n) is 7.28. The van der Waals surface area contributed by atoms with E-state index < -0.39 is 0 Å². The highest BCUT2D eigenvalue weighted by Crippen LogP contribution is 2.27. The second-order valence-corrected chi connectivity index (χ2v) is 7.28. The summed E-state index contributed by atoms with van der Waals surface area (Å²) in [5.41, 5.74) is 1.26. The van der Waals surface area contributed by atoms with Crippen molar-refractivity contribution in [2.75, 3.05) is 40.4 Å². The van der Waals surface area contributed by atoms with Crippen LogP contribution in [0.2, 0.25) is 0 Å². The Balaban J connectivity index is 1.51. The molecule has 5 nitrogen and oxygen atoms in total. The monoisotopic (exact) mass is 347 g/mol. The maximum Gasteiger partial charge on any atom is 0.226 e. The van der Waals surface area contributed by atoms with E-state index in [9.17, 15) is 4.79 Å². The molecule has 3 rings (SSSR count). The molecule has 1 aromatic rings. The molecule has 138 valence electrons. The molecule has 2 saturated heterocycles. The standard InChI is InChI=1S/C20H30N2O3/c1-24-18-7-6-16(14-19(18)25-2)15-21-12-8-17(9-13-21)20(23)22-10-4-3-5-11-22/h6-7,14,17H,3-5,8-13,15H2,1-2H3/p+1. The summed E-state index contributed by atoms with van der Waals surface area (Å²) in [5, 5.41) is 0. The number of likely N-dealkylation sites (tertiary alicyclic amines) is 2. The van der Waals surface area contributed by atoms with Crippen molar-refractivity contribution in [2.45, 2.75) is 38.6 Å². The highest BCUT2D eigenvalue weighted by molar-refractivity contribution is 5.79. The van der Waals surface area contributed by atoms with Gasteiger partial charge in [0.1, 0.15) is 6.54 Å². The van der Waals surface area contributed by atoms with Crippen LogP contribution in [0.25, 0.3) is 0 Å². The molecule has 0 aliphatic carbocycles.